The average Bonchev–Trinajstić information content (AvgIpc) is 2.50. The molecule has 1 saturated heterocycles. The molecule has 1 aliphatic rings. The summed E-state index contributed by atoms with van der Waals surface area (Å²) in [6.45, 7) is 1.32. The zero-order chi connectivity index (χ0) is 11.5. The van der Waals surface area contributed by atoms with Crippen LogP contribution in [-0.4, -0.2) is 50.2 Å². The number of rotatable bonds is 4. The maximum Gasteiger partial charge on any atom is 0.237 e. The van der Waals surface area contributed by atoms with Gasteiger partial charge in [0.1, 0.15) is 5.75 Å². The van der Waals surface area contributed by atoms with Gasteiger partial charge in [-0.05, 0) is 18.8 Å². The fraction of sp³-hybridized carbons (Fsp3) is 0.889. The van der Waals surface area contributed by atoms with Crippen molar-refractivity contribution in [2.24, 2.45) is 5.92 Å². The zero-order valence-corrected chi connectivity index (χ0v) is 10.4. The Balaban J connectivity index is 2.43. The molecule has 1 unspecified atom stereocenters. The molecule has 15 heavy (non-hydrogen) atoms. The standard InChI is InChI=1S/C9H16ClNO3S/c1-15(13,14)7-9(12)11-5-3-8(6-11)2-4-10/h8H,2-7H2,1H3. The van der Waals surface area contributed by atoms with Crippen molar-refractivity contribution in [1.82, 2.24) is 4.90 Å². The molecule has 0 radical (unpaired) electrons. The highest BCUT2D eigenvalue weighted by atomic mass is 35.5. The molecule has 1 atom stereocenters. The first-order chi connectivity index (χ1) is 6.92. The van der Waals surface area contributed by atoms with Crippen molar-refractivity contribution in [3.8, 4) is 0 Å². The Bertz CT molecular complexity index is 328. The summed E-state index contributed by atoms with van der Waals surface area (Å²) in [7, 11) is -3.21. The van der Waals surface area contributed by atoms with E-state index < -0.39 is 9.84 Å². The molecule has 6 heteroatoms. The summed E-state index contributed by atoms with van der Waals surface area (Å²) in [5.74, 6) is 0.375. The topological polar surface area (TPSA) is 54.5 Å². The largest absolute Gasteiger partial charge is 0.342 e. The molecule has 0 aromatic heterocycles. The van der Waals surface area contributed by atoms with Gasteiger partial charge in [-0.15, -0.1) is 11.6 Å². The Morgan fingerprint density at radius 2 is 2.20 bits per heavy atom. The van der Waals surface area contributed by atoms with Gasteiger partial charge in [0.2, 0.25) is 5.91 Å². The van der Waals surface area contributed by atoms with E-state index in [9.17, 15) is 13.2 Å². The third kappa shape index (κ3) is 4.38. The summed E-state index contributed by atoms with van der Waals surface area (Å²) in [6, 6.07) is 0. The number of nitrogens with zero attached hydrogens (tertiary/aromatic N) is 1. The minimum atomic E-state index is -3.21. The van der Waals surface area contributed by atoms with Gasteiger partial charge in [-0.25, -0.2) is 8.42 Å². The van der Waals surface area contributed by atoms with Crippen LogP contribution in [0.2, 0.25) is 0 Å². The van der Waals surface area contributed by atoms with Crippen molar-refractivity contribution in [2.45, 2.75) is 12.8 Å². The molecule has 0 bridgehead atoms. The minimum absolute atomic E-state index is 0.283. The fourth-order valence-corrected chi connectivity index (χ4v) is 2.70. The molecule has 0 saturated carbocycles. The lowest BCUT2D eigenvalue weighted by Crippen LogP contribution is -2.33. The van der Waals surface area contributed by atoms with Gasteiger partial charge in [0, 0.05) is 25.2 Å². The number of carbonyl (C=O) groups is 1. The molecule has 1 fully saturated rings. The molecule has 0 aromatic carbocycles. The van der Waals surface area contributed by atoms with Crippen LogP contribution in [0.4, 0.5) is 0 Å². The van der Waals surface area contributed by atoms with Crippen LogP contribution in [0.15, 0.2) is 0 Å². The summed E-state index contributed by atoms with van der Waals surface area (Å²) in [4.78, 5) is 13.1. The van der Waals surface area contributed by atoms with Crippen LogP contribution in [0.1, 0.15) is 12.8 Å². The second kappa shape index (κ2) is 5.16. The van der Waals surface area contributed by atoms with Crippen LogP contribution in [0, 0.1) is 5.92 Å². The van der Waals surface area contributed by atoms with E-state index in [1.54, 1.807) is 4.90 Å². The van der Waals surface area contributed by atoms with E-state index in [2.05, 4.69) is 0 Å². The predicted octanol–water partition coefficient (Wildman–Crippen LogP) is 0.508. The summed E-state index contributed by atoms with van der Waals surface area (Å²) in [5.41, 5.74) is 0. The van der Waals surface area contributed by atoms with E-state index in [1.807, 2.05) is 0 Å². The van der Waals surface area contributed by atoms with Crippen LogP contribution in [-0.2, 0) is 14.6 Å². The van der Waals surface area contributed by atoms with Crippen LogP contribution in [0.25, 0.3) is 0 Å². The maximum atomic E-state index is 11.5. The minimum Gasteiger partial charge on any atom is -0.342 e. The van der Waals surface area contributed by atoms with Crippen LogP contribution in [0.3, 0.4) is 0 Å². The Morgan fingerprint density at radius 1 is 1.53 bits per heavy atom. The van der Waals surface area contributed by atoms with E-state index in [0.29, 0.717) is 24.9 Å². The highest BCUT2D eigenvalue weighted by Gasteiger charge is 2.27. The molecular weight excluding hydrogens is 238 g/mol. The van der Waals surface area contributed by atoms with E-state index in [0.717, 1.165) is 19.1 Å². The third-order valence-corrected chi connectivity index (χ3v) is 3.53. The van der Waals surface area contributed by atoms with Gasteiger partial charge >= 0.3 is 0 Å². The van der Waals surface area contributed by atoms with Gasteiger partial charge < -0.3 is 4.90 Å². The number of carbonyl (C=O) groups excluding carboxylic acids is 1. The van der Waals surface area contributed by atoms with Gasteiger partial charge in [0.15, 0.2) is 9.84 Å². The number of likely N-dealkylation sites (tertiary alicyclic amines) is 1. The second-order valence-corrected chi connectivity index (χ2v) is 6.56. The van der Waals surface area contributed by atoms with E-state index in [-0.39, 0.29) is 11.7 Å². The van der Waals surface area contributed by atoms with Crippen LogP contribution in [0.5, 0.6) is 0 Å². The number of alkyl halides is 1. The monoisotopic (exact) mass is 253 g/mol. The molecule has 0 aliphatic carbocycles. The lowest BCUT2D eigenvalue weighted by Gasteiger charge is -2.15. The van der Waals surface area contributed by atoms with E-state index in [1.165, 1.54) is 0 Å². The normalized spacial score (nSPS) is 22.0. The Hall–Kier alpha value is -0.290. The van der Waals surface area contributed by atoms with Gasteiger partial charge in [-0.2, -0.15) is 0 Å². The molecule has 0 N–H and O–H groups in total. The quantitative estimate of drug-likeness (QED) is 0.686. The highest BCUT2D eigenvalue weighted by Crippen LogP contribution is 2.20. The molecule has 4 nitrogen and oxygen atoms in total. The Morgan fingerprint density at radius 3 is 2.73 bits per heavy atom. The number of hydrogen-bond donors (Lipinski definition) is 0. The van der Waals surface area contributed by atoms with Crippen molar-refractivity contribution in [1.29, 1.82) is 0 Å². The summed E-state index contributed by atoms with van der Waals surface area (Å²) in [5, 5.41) is 0. The number of halogens is 1. The smallest absolute Gasteiger partial charge is 0.237 e. The van der Waals surface area contributed by atoms with Crippen molar-refractivity contribution < 1.29 is 13.2 Å². The zero-order valence-electron chi connectivity index (χ0n) is 8.78. The van der Waals surface area contributed by atoms with E-state index >= 15 is 0 Å². The predicted molar refractivity (Wildman–Crippen MR) is 59.7 cm³/mol. The van der Waals surface area contributed by atoms with Gasteiger partial charge in [0.25, 0.3) is 0 Å². The molecule has 1 amide bonds. The second-order valence-electron chi connectivity index (χ2n) is 4.04. The lowest BCUT2D eigenvalue weighted by molar-refractivity contribution is -0.127. The summed E-state index contributed by atoms with van der Waals surface area (Å²) < 4.78 is 21.9. The highest BCUT2D eigenvalue weighted by molar-refractivity contribution is 7.91. The maximum absolute atomic E-state index is 11.5. The molecule has 1 rings (SSSR count). The molecule has 0 aromatic rings. The molecule has 1 heterocycles. The first-order valence-corrected chi connectivity index (χ1v) is 7.53. The molecular formula is C9H16ClNO3S. The van der Waals surface area contributed by atoms with Crippen molar-refractivity contribution in [3.63, 3.8) is 0 Å². The SMILES string of the molecule is CS(=O)(=O)CC(=O)N1CCC(CCCl)C1. The number of hydrogen-bond acceptors (Lipinski definition) is 3. The average molecular weight is 254 g/mol. The first kappa shape index (κ1) is 12.8. The fourth-order valence-electron chi connectivity index (χ4n) is 1.76. The molecule has 0 spiro atoms. The van der Waals surface area contributed by atoms with Crippen LogP contribution >= 0.6 is 11.6 Å². The summed E-state index contributed by atoms with van der Waals surface area (Å²) in [6.07, 6.45) is 2.91. The van der Waals surface area contributed by atoms with Crippen molar-refractivity contribution in [2.75, 3.05) is 31.0 Å². The van der Waals surface area contributed by atoms with Gasteiger partial charge in [0.05, 0.1) is 0 Å². The van der Waals surface area contributed by atoms with Crippen LogP contribution < -0.4 is 0 Å². The number of amides is 1. The summed E-state index contributed by atoms with van der Waals surface area (Å²) >= 11 is 5.62. The van der Waals surface area contributed by atoms with Crippen molar-refractivity contribution in [3.05, 3.63) is 0 Å². The number of sulfone groups is 1. The van der Waals surface area contributed by atoms with E-state index in [4.69, 9.17) is 11.6 Å². The Labute approximate surface area is 95.5 Å². The first-order valence-electron chi connectivity index (χ1n) is 4.94. The Kier molecular flexibility index (Phi) is 4.40. The third-order valence-electron chi connectivity index (χ3n) is 2.54. The molecule has 88 valence electrons. The van der Waals surface area contributed by atoms with Crippen molar-refractivity contribution >= 4 is 27.3 Å². The van der Waals surface area contributed by atoms with Gasteiger partial charge in [-0.1, -0.05) is 0 Å². The lowest BCUT2D eigenvalue weighted by atomic mass is 10.1. The van der Waals surface area contributed by atoms with Gasteiger partial charge in [-0.3, -0.25) is 4.79 Å². The molecule has 1 aliphatic heterocycles.